The lowest BCUT2D eigenvalue weighted by Crippen LogP contribution is -2.37. The molecule has 0 aromatic carbocycles. The summed E-state index contributed by atoms with van der Waals surface area (Å²) in [6, 6.07) is 0. The summed E-state index contributed by atoms with van der Waals surface area (Å²) in [6.45, 7) is 5.92. The van der Waals surface area contributed by atoms with Crippen LogP contribution in [0.3, 0.4) is 0 Å². The molecule has 0 fully saturated rings. The maximum absolute atomic E-state index is 5.18. The van der Waals surface area contributed by atoms with Crippen molar-refractivity contribution in [2.75, 3.05) is 13.1 Å². The smallest absolute Gasteiger partial charge is 0.192 e. The molecule has 0 atom stereocenters. The number of hydrogen-bond acceptors (Lipinski definition) is 3. The fraction of sp³-hybridized carbons (Fsp3) is 0.455. The Bertz CT molecular complexity index is 389. The number of rotatable bonds is 4. The van der Waals surface area contributed by atoms with E-state index >= 15 is 0 Å². The van der Waals surface area contributed by atoms with E-state index in [-0.39, 0.29) is 0 Å². The third-order valence-corrected chi connectivity index (χ3v) is 2.64. The van der Waals surface area contributed by atoms with Gasteiger partial charge in [0, 0.05) is 17.6 Å². The van der Waals surface area contributed by atoms with Gasteiger partial charge in [0.05, 0.1) is 13.1 Å². The van der Waals surface area contributed by atoms with E-state index in [0.29, 0.717) is 13.1 Å². The zero-order chi connectivity index (χ0) is 11.8. The van der Waals surface area contributed by atoms with Crippen LogP contribution in [0.1, 0.15) is 16.8 Å². The first kappa shape index (κ1) is 12.5. The number of nitrogens with zero attached hydrogens (tertiary/aromatic N) is 2. The van der Waals surface area contributed by atoms with Crippen molar-refractivity contribution >= 4 is 17.3 Å². The van der Waals surface area contributed by atoms with Crippen LogP contribution in [0.25, 0.3) is 0 Å². The molecule has 0 aliphatic carbocycles. The minimum Gasteiger partial charge on any atom is -0.357 e. The van der Waals surface area contributed by atoms with Gasteiger partial charge < -0.3 is 10.6 Å². The number of aryl methyl sites for hydroxylation is 1. The fourth-order valence-corrected chi connectivity index (χ4v) is 1.81. The van der Waals surface area contributed by atoms with Crippen molar-refractivity contribution in [3.05, 3.63) is 16.1 Å². The van der Waals surface area contributed by atoms with Crippen molar-refractivity contribution in [3.63, 3.8) is 0 Å². The molecule has 2 N–H and O–H groups in total. The molecule has 1 rings (SSSR count). The maximum atomic E-state index is 5.18. The molecule has 0 radical (unpaired) electrons. The molecule has 5 heteroatoms. The van der Waals surface area contributed by atoms with Crippen molar-refractivity contribution in [1.29, 1.82) is 0 Å². The van der Waals surface area contributed by atoms with E-state index in [9.17, 15) is 0 Å². The van der Waals surface area contributed by atoms with Crippen LogP contribution in [0, 0.1) is 19.3 Å². The molecule has 0 aliphatic rings. The van der Waals surface area contributed by atoms with Gasteiger partial charge in [0.15, 0.2) is 5.96 Å². The predicted molar refractivity (Wildman–Crippen MR) is 68.5 cm³/mol. The largest absolute Gasteiger partial charge is 0.357 e. The Morgan fingerprint density at radius 1 is 1.62 bits per heavy atom. The van der Waals surface area contributed by atoms with Crippen LogP contribution in [0.15, 0.2) is 11.2 Å². The van der Waals surface area contributed by atoms with Gasteiger partial charge >= 0.3 is 0 Å². The predicted octanol–water partition coefficient (Wildman–Crippen LogP) is 1.14. The molecule has 0 spiro atoms. The fourth-order valence-electron chi connectivity index (χ4n) is 1.10. The van der Waals surface area contributed by atoms with Gasteiger partial charge in [0.25, 0.3) is 0 Å². The molecule has 1 aromatic heterocycles. The molecule has 4 nitrogen and oxygen atoms in total. The van der Waals surface area contributed by atoms with Gasteiger partial charge in [-0.2, -0.15) is 0 Å². The molecule has 86 valence electrons. The highest BCUT2D eigenvalue weighted by Crippen LogP contribution is 2.11. The average Bonchev–Trinajstić information content (AvgIpc) is 2.68. The first-order valence-corrected chi connectivity index (χ1v) is 5.95. The van der Waals surface area contributed by atoms with Gasteiger partial charge in [-0.05, 0) is 13.8 Å². The summed E-state index contributed by atoms with van der Waals surface area (Å²) >= 11 is 1.66. The highest BCUT2D eigenvalue weighted by Gasteiger charge is 1.99. The summed E-state index contributed by atoms with van der Waals surface area (Å²) in [5.41, 5.74) is 0. The van der Waals surface area contributed by atoms with E-state index in [1.54, 1.807) is 11.3 Å². The van der Waals surface area contributed by atoms with Crippen LogP contribution < -0.4 is 10.6 Å². The monoisotopic (exact) mass is 236 g/mol. The van der Waals surface area contributed by atoms with Crippen molar-refractivity contribution in [1.82, 2.24) is 15.6 Å². The molecule has 0 aliphatic heterocycles. The van der Waals surface area contributed by atoms with Crippen molar-refractivity contribution in [2.45, 2.75) is 20.4 Å². The maximum Gasteiger partial charge on any atom is 0.192 e. The highest BCUT2D eigenvalue weighted by atomic mass is 32.1. The molecule has 0 amide bonds. The van der Waals surface area contributed by atoms with E-state index in [1.165, 1.54) is 4.88 Å². The second-order valence-electron chi connectivity index (χ2n) is 3.12. The lowest BCUT2D eigenvalue weighted by Gasteiger charge is -2.07. The number of guanidine groups is 1. The van der Waals surface area contributed by atoms with Gasteiger partial charge in [-0.1, -0.05) is 5.92 Å². The second kappa shape index (κ2) is 6.85. The van der Waals surface area contributed by atoms with E-state index < -0.39 is 0 Å². The minimum absolute atomic E-state index is 0.475. The summed E-state index contributed by atoms with van der Waals surface area (Å²) in [6.07, 6.45) is 7.04. The third-order valence-electron chi connectivity index (χ3n) is 1.74. The van der Waals surface area contributed by atoms with Gasteiger partial charge in [-0.25, -0.2) is 9.98 Å². The Morgan fingerprint density at radius 2 is 2.44 bits per heavy atom. The van der Waals surface area contributed by atoms with Gasteiger partial charge in [0.1, 0.15) is 5.01 Å². The van der Waals surface area contributed by atoms with Crippen molar-refractivity contribution in [3.8, 4) is 12.3 Å². The van der Waals surface area contributed by atoms with Gasteiger partial charge in [0.2, 0.25) is 0 Å². The summed E-state index contributed by atoms with van der Waals surface area (Å²) < 4.78 is 0. The number of aromatic nitrogens is 1. The number of hydrogen-bond donors (Lipinski definition) is 2. The Balaban J connectivity index is 2.53. The molecule has 0 saturated carbocycles. The summed E-state index contributed by atoms with van der Waals surface area (Å²) in [5.74, 6) is 3.24. The molecular weight excluding hydrogens is 220 g/mol. The summed E-state index contributed by atoms with van der Waals surface area (Å²) in [5, 5.41) is 7.15. The summed E-state index contributed by atoms with van der Waals surface area (Å²) in [7, 11) is 0. The SMILES string of the molecule is C#CCNC(=NCc1ncc(C)s1)NCC. The van der Waals surface area contributed by atoms with Crippen molar-refractivity contribution < 1.29 is 0 Å². The normalized spacial score (nSPS) is 10.9. The molecule has 0 bridgehead atoms. The van der Waals surface area contributed by atoms with E-state index in [1.807, 2.05) is 20.0 Å². The average molecular weight is 236 g/mol. The first-order chi connectivity index (χ1) is 7.76. The van der Waals surface area contributed by atoms with Crippen LogP contribution in [0.2, 0.25) is 0 Å². The Labute approximate surface area is 100 Å². The third kappa shape index (κ3) is 4.32. The van der Waals surface area contributed by atoms with Crippen LogP contribution in [-0.4, -0.2) is 24.0 Å². The Kier molecular flexibility index (Phi) is 5.37. The molecule has 1 heterocycles. The van der Waals surface area contributed by atoms with Gasteiger partial charge in [-0.3, -0.25) is 0 Å². The minimum atomic E-state index is 0.475. The summed E-state index contributed by atoms with van der Waals surface area (Å²) in [4.78, 5) is 9.83. The number of nitrogens with one attached hydrogen (secondary N) is 2. The lowest BCUT2D eigenvalue weighted by molar-refractivity contribution is 0.863. The van der Waals surface area contributed by atoms with Gasteiger partial charge in [-0.15, -0.1) is 17.8 Å². The number of thiazole rings is 1. The zero-order valence-corrected chi connectivity index (χ0v) is 10.4. The van der Waals surface area contributed by atoms with E-state index in [2.05, 4.69) is 26.5 Å². The Morgan fingerprint density at radius 3 is 3.00 bits per heavy atom. The standard InChI is InChI=1S/C11H16N4S/c1-4-6-13-11(12-5-2)15-8-10-14-7-9(3)16-10/h1,7H,5-6,8H2,2-3H3,(H2,12,13,15). The van der Waals surface area contributed by atoms with Crippen LogP contribution in [0.5, 0.6) is 0 Å². The molecule has 0 saturated heterocycles. The molecule has 0 unspecified atom stereocenters. The molecule has 1 aromatic rings. The topological polar surface area (TPSA) is 49.3 Å². The van der Waals surface area contributed by atoms with Crippen LogP contribution in [0.4, 0.5) is 0 Å². The van der Waals surface area contributed by atoms with E-state index in [4.69, 9.17) is 6.42 Å². The number of aliphatic imine (C=N–C) groups is 1. The Hall–Kier alpha value is -1.54. The second-order valence-corrected chi connectivity index (χ2v) is 4.44. The highest BCUT2D eigenvalue weighted by molar-refractivity contribution is 7.11. The van der Waals surface area contributed by atoms with Crippen LogP contribution >= 0.6 is 11.3 Å². The molecular formula is C11H16N4S. The molecule has 16 heavy (non-hydrogen) atoms. The zero-order valence-electron chi connectivity index (χ0n) is 9.58. The quantitative estimate of drug-likeness (QED) is 0.468. The first-order valence-electron chi connectivity index (χ1n) is 5.13. The van der Waals surface area contributed by atoms with Crippen molar-refractivity contribution in [2.24, 2.45) is 4.99 Å². The number of terminal acetylenes is 1. The van der Waals surface area contributed by atoms with Crippen LogP contribution in [-0.2, 0) is 6.54 Å². The lowest BCUT2D eigenvalue weighted by atomic mass is 10.6. The van der Waals surface area contributed by atoms with E-state index in [0.717, 1.165) is 17.5 Å².